The Kier molecular flexibility index (Phi) is 4.86. The van der Waals surface area contributed by atoms with E-state index in [9.17, 15) is 15.2 Å². The first-order chi connectivity index (χ1) is 7.97. The zero-order valence-electron chi connectivity index (χ0n) is 8.97. The Balaban J connectivity index is 3.08. The van der Waals surface area contributed by atoms with Gasteiger partial charge in [0.25, 0.3) is 5.69 Å². The van der Waals surface area contributed by atoms with Crippen molar-refractivity contribution in [2.45, 2.75) is 18.9 Å². The van der Waals surface area contributed by atoms with Crippen LogP contribution in [0, 0.1) is 10.1 Å². The molecule has 17 heavy (non-hydrogen) atoms. The summed E-state index contributed by atoms with van der Waals surface area (Å²) in [5, 5.41) is 29.1. The van der Waals surface area contributed by atoms with Crippen LogP contribution >= 0.6 is 15.9 Å². The molecule has 4 N–H and O–H groups in total. The Labute approximate surface area is 106 Å². The predicted molar refractivity (Wildman–Crippen MR) is 65.7 cm³/mol. The number of hydrogen-bond donors (Lipinski definition) is 3. The van der Waals surface area contributed by atoms with Crippen LogP contribution in [-0.4, -0.2) is 21.7 Å². The number of phenolic OH excluding ortho intramolecular Hbond substituents is 1. The molecular formula is C10H13BrN2O4. The molecule has 0 aliphatic carbocycles. The van der Waals surface area contributed by atoms with Crippen molar-refractivity contribution in [2.75, 3.05) is 6.61 Å². The van der Waals surface area contributed by atoms with Gasteiger partial charge in [-0.2, -0.15) is 0 Å². The Morgan fingerprint density at radius 1 is 1.53 bits per heavy atom. The van der Waals surface area contributed by atoms with E-state index in [0.29, 0.717) is 18.4 Å². The molecule has 0 unspecified atom stereocenters. The second-order valence-electron chi connectivity index (χ2n) is 3.59. The molecule has 0 aliphatic heterocycles. The number of aliphatic hydroxyl groups is 1. The molecular weight excluding hydrogens is 292 g/mol. The van der Waals surface area contributed by atoms with E-state index in [2.05, 4.69) is 15.9 Å². The molecule has 0 spiro atoms. The second-order valence-corrected chi connectivity index (χ2v) is 4.45. The van der Waals surface area contributed by atoms with Gasteiger partial charge in [0.2, 0.25) is 0 Å². The smallest absolute Gasteiger partial charge is 0.271 e. The number of nitrogens with two attached hydrogens (primary N) is 1. The number of halogens is 1. The number of benzene rings is 1. The van der Waals surface area contributed by atoms with Crippen LogP contribution in [0.25, 0.3) is 0 Å². The quantitative estimate of drug-likeness (QED) is 0.568. The van der Waals surface area contributed by atoms with Crippen LogP contribution in [0.5, 0.6) is 5.75 Å². The first-order valence-corrected chi connectivity index (χ1v) is 5.80. The highest BCUT2D eigenvalue weighted by Crippen LogP contribution is 2.36. The van der Waals surface area contributed by atoms with Crippen LogP contribution in [0.1, 0.15) is 24.4 Å². The third-order valence-electron chi connectivity index (χ3n) is 2.36. The lowest BCUT2D eigenvalue weighted by molar-refractivity contribution is -0.385. The highest BCUT2D eigenvalue weighted by molar-refractivity contribution is 9.10. The maximum atomic E-state index is 10.7. The molecule has 0 amide bonds. The van der Waals surface area contributed by atoms with Gasteiger partial charge in [0, 0.05) is 30.3 Å². The summed E-state index contributed by atoms with van der Waals surface area (Å²) in [5.41, 5.74) is 5.98. The maximum Gasteiger partial charge on any atom is 0.271 e. The van der Waals surface area contributed by atoms with Gasteiger partial charge < -0.3 is 15.9 Å². The number of nitrogens with zero attached hydrogens (tertiary/aromatic N) is 1. The fourth-order valence-corrected chi connectivity index (χ4v) is 1.92. The molecule has 1 rings (SSSR count). The summed E-state index contributed by atoms with van der Waals surface area (Å²) in [6.45, 7) is -0.00937. The second kappa shape index (κ2) is 5.95. The van der Waals surface area contributed by atoms with Crippen molar-refractivity contribution in [3.63, 3.8) is 0 Å². The van der Waals surface area contributed by atoms with Gasteiger partial charge in [0.15, 0.2) is 0 Å². The van der Waals surface area contributed by atoms with E-state index in [0.717, 1.165) is 0 Å². The fraction of sp³-hybridized carbons (Fsp3) is 0.400. The molecule has 7 heteroatoms. The summed E-state index contributed by atoms with van der Waals surface area (Å²) >= 11 is 3.04. The van der Waals surface area contributed by atoms with E-state index in [1.807, 2.05) is 0 Å². The molecule has 1 atom stereocenters. The van der Waals surface area contributed by atoms with Gasteiger partial charge in [0.1, 0.15) is 5.75 Å². The minimum absolute atomic E-state index is 0.00937. The zero-order chi connectivity index (χ0) is 13.0. The minimum atomic E-state index is -0.549. The lowest BCUT2D eigenvalue weighted by Crippen LogP contribution is -2.11. The van der Waals surface area contributed by atoms with Crippen LogP contribution in [0.15, 0.2) is 16.6 Å². The van der Waals surface area contributed by atoms with E-state index < -0.39 is 11.0 Å². The number of aromatic hydroxyl groups is 1. The van der Waals surface area contributed by atoms with Gasteiger partial charge in [0.05, 0.1) is 9.40 Å². The first-order valence-electron chi connectivity index (χ1n) is 5.00. The van der Waals surface area contributed by atoms with Crippen LogP contribution in [-0.2, 0) is 0 Å². The monoisotopic (exact) mass is 304 g/mol. The number of hydrogen-bond acceptors (Lipinski definition) is 5. The molecule has 6 nitrogen and oxygen atoms in total. The van der Waals surface area contributed by atoms with Crippen LogP contribution < -0.4 is 5.73 Å². The molecule has 0 aromatic heterocycles. The summed E-state index contributed by atoms with van der Waals surface area (Å²) in [7, 11) is 0. The summed E-state index contributed by atoms with van der Waals surface area (Å²) in [4.78, 5) is 10.1. The Morgan fingerprint density at radius 3 is 2.71 bits per heavy atom. The van der Waals surface area contributed by atoms with Crippen molar-refractivity contribution in [3.8, 4) is 5.75 Å². The van der Waals surface area contributed by atoms with E-state index in [-0.39, 0.29) is 22.5 Å². The molecule has 0 aliphatic rings. The van der Waals surface area contributed by atoms with E-state index >= 15 is 0 Å². The Hall–Kier alpha value is -1.18. The summed E-state index contributed by atoms with van der Waals surface area (Å²) in [6.07, 6.45) is 0.915. The molecule has 0 saturated heterocycles. The average Bonchev–Trinajstić information content (AvgIpc) is 2.29. The fourth-order valence-electron chi connectivity index (χ4n) is 1.46. The molecule has 94 valence electrons. The number of non-ortho nitro benzene ring substituents is 1. The van der Waals surface area contributed by atoms with Crippen molar-refractivity contribution >= 4 is 21.6 Å². The SMILES string of the molecule is N[C@@H](CCCO)c1cc([N+](=O)[O-])cc(Br)c1O. The summed E-state index contributed by atoms with van der Waals surface area (Å²) in [6, 6.07) is 1.93. The maximum absolute atomic E-state index is 10.7. The Morgan fingerprint density at radius 2 is 2.18 bits per heavy atom. The standard InChI is InChI=1S/C10H13BrN2O4/c11-8-5-6(13(16)17)4-7(10(8)15)9(12)2-1-3-14/h4-5,9,14-15H,1-3,12H2/t9-/m0/s1. The third-order valence-corrected chi connectivity index (χ3v) is 2.97. The van der Waals surface area contributed by atoms with Crippen molar-refractivity contribution < 1.29 is 15.1 Å². The summed E-state index contributed by atoms with van der Waals surface area (Å²) in [5.74, 6) is -0.0963. The number of phenols is 1. The van der Waals surface area contributed by atoms with Gasteiger partial charge in [-0.1, -0.05) is 0 Å². The lowest BCUT2D eigenvalue weighted by Gasteiger charge is -2.13. The molecule has 0 saturated carbocycles. The van der Waals surface area contributed by atoms with Crippen molar-refractivity contribution in [1.29, 1.82) is 0 Å². The molecule has 0 bridgehead atoms. The van der Waals surface area contributed by atoms with Crippen molar-refractivity contribution in [1.82, 2.24) is 0 Å². The van der Waals surface area contributed by atoms with Gasteiger partial charge in [-0.3, -0.25) is 10.1 Å². The van der Waals surface area contributed by atoms with Crippen LogP contribution in [0.4, 0.5) is 5.69 Å². The minimum Gasteiger partial charge on any atom is -0.506 e. The average molecular weight is 305 g/mol. The molecule has 0 radical (unpaired) electrons. The van der Waals surface area contributed by atoms with Crippen LogP contribution in [0.2, 0.25) is 0 Å². The topological polar surface area (TPSA) is 110 Å². The summed E-state index contributed by atoms with van der Waals surface area (Å²) < 4.78 is 0.237. The molecule has 0 heterocycles. The van der Waals surface area contributed by atoms with E-state index in [1.54, 1.807) is 0 Å². The van der Waals surface area contributed by atoms with Gasteiger partial charge in [-0.15, -0.1) is 0 Å². The van der Waals surface area contributed by atoms with Gasteiger partial charge in [-0.25, -0.2) is 0 Å². The number of nitro groups is 1. The third kappa shape index (κ3) is 3.39. The van der Waals surface area contributed by atoms with E-state index in [1.165, 1.54) is 12.1 Å². The number of aliphatic hydroxyl groups excluding tert-OH is 1. The molecule has 0 fully saturated rings. The largest absolute Gasteiger partial charge is 0.506 e. The highest BCUT2D eigenvalue weighted by Gasteiger charge is 2.18. The number of nitro benzene ring substituents is 1. The molecule has 1 aromatic rings. The molecule has 1 aromatic carbocycles. The van der Waals surface area contributed by atoms with Crippen LogP contribution in [0.3, 0.4) is 0 Å². The highest BCUT2D eigenvalue weighted by atomic mass is 79.9. The van der Waals surface area contributed by atoms with Gasteiger partial charge >= 0.3 is 0 Å². The first kappa shape index (κ1) is 13.9. The van der Waals surface area contributed by atoms with E-state index in [4.69, 9.17) is 10.8 Å². The van der Waals surface area contributed by atoms with Crippen molar-refractivity contribution in [2.24, 2.45) is 5.73 Å². The van der Waals surface area contributed by atoms with Crippen molar-refractivity contribution in [3.05, 3.63) is 32.3 Å². The van der Waals surface area contributed by atoms with Gasteiger partial charge in [-0.05, 0) is 28.8 Å². The normalized spacial score (nSPS) is 12.4. The zero-order valence-corrected chi connectivity index (χ0v) is 10.6. The lowest BCUT2D eigenvalue weighted by atomic mass is 10.0. The predicted octanol–water partition coefficient (Wildman–Crippen LogP) is 1.84. The Bertz CT molecular complexity index is 425. The number of rotatable bonds is 5.